The van der Waals surface area contributed by atoms with Gasteiger partial charge in [0.1, 0.15) is 17.9 Å². The molecule has 2 aromatic heterocycles. The van der Waals surface area contributed by atoms with Crippen molar-refractivity contribution >= 4 is 22.5 Å². The Kier molecular flexibility index (Phi) is 4.95. The standard InChI is InChI=1S/C22H21N5O2/c1-4-29-18-10-9-16-7-5-6-8-17(16)21(18)22(28)25-19-12-20(24-13-23-19)27-15(3)11-14(2)26-27/h5-13H,4H2,1-3H3,(H,23,24,25,28). The Bertz CT molecular complexity index is 1200. The molecule has 2 heterocycles. The summed E-state index contributed by atoms with van der Waals surface area (Å²) in [4.78, 5) is 21.6. The first-order valence-corrected chi connectivity index (χ1v) is 9.38. The summed E-state index contributed by atoms with van der Waals surface area (Å²) < 4.78 is 7.43. The van der Waals surface area contributed by atoms with Crippen molar-refractivity contribution in [1.29, 1.82) is 0 Å². The van der Waals surface area contributed by atoms with Crippen molar-refractivity contribution in [3.8, 4) is 11.6 Å². The molecule has 2 aromatic carbocycles. The molecule has 29 heavy (non-hydrogen) atoms. The fourth-order valence-corrected chi connectivity index (χ4v) is 3.33. The van der Waals surface area contributed by atoms with Gasteiger partial charge in [0.2, 0.25) is 0 Å². The van der Waals surface area contributed by atoms with Crippen LogP contribution in [0.4, 0.5) is 5.82 Å². The predicted molar refractivity (Wildman–Crippen MR) is 112 cm³/mol. The lowest BCUT2D eigenvalue weighted by molar-refractivity contribution is 0.102. The van der Waals surface area contributed by atoms with E-state index in [9.17, 15) is 4.79 Å². The number of nitrogens with zero attached hydrogens (tertiary/aromatic N) is 4. The normalized spacial score (nSPS) is 10.9. The zero-order valence-electron chi connectivity index (χ0n) is 16.5. The van der Waals surface area contributed by atoms with E-state index in [0.29, 0.717) is 29.6 Å². The molecule has 0 aliphatic rings. The van der Waals surface area contributed by atoms with Crippen molar-refractivity contribution in [1.82, 2.24) is 19.7 Å². The second kappa shape index (κ2) is 7.71. The summed E-state index contributed by atoms with van der Waals surface area (Å²) in [5.74, 6) is 1.23. The fourth-order valence-electron chi connectivity index (χ4n) is 3.33. The number of aromatic nitrogens is 4. The maximum Gasteiger partial charge on any atom is 0.261 e. The van der Waals surface area contributed by atoms with E-state index in [1.807, 2.05) is 63.2 Å². The molecule has 0 bridgehead atoms. The number of fused-ring (bicyclic) bond motifs is 1. The number of anilines is 1. The maximum absolute atomic E-state index is 13.2. The smallest absolute Gasteiger partial charge is 0.261 e. The topological polar surface area (TPSA) is 81.9 Å². The Morgan fingerprint density at radius 1 is 1.10 bits per heavy atom. The number of carbonyl (C=O) groups excluding carboxylic acids is 1. The fraction of sp³-hybridized carbons (Fsp3) is 0.182. The van der Waals surface area contributed by atoms with Crippen LogP contribution < -0.4 is 10.1 Å². The molecule has 0 spiro atoms. The van der Waals surface area contributed by atoms with Gasteiger partial charge in [-0.05, 0) is 43.7 Å². The van der Waals surface area contributed by atoms with Gasteiger partial charge in [0, 0.05) is 11.8 Å². The van der Waals surface area contributed by atoms with Crippen molar-refractivity contribution in [3.63, 3.8) is 0 Å². The second-order valence-electron chi connectivity index (χ2n) is 6.65. The molecular formula is C22H21N5O2. The molecule has 0 saturated heterocycles. The number of benzene rings is 2. The average Bonchev–Trinajstić information content (AvgIpc) is 3.06. The highest BCUT2D eigenvalue weighted by atomic mass is 16.5. The average molecular weight is 387 g/mol. The van der Waals surface area contributed by atoms with E-state index >= 15 is 0 Å². The van der Waals surface area contributed by atoms with Crippen LogP contribution in [0.5, 0.6) is 5.75 Å². The number of nitrogens with one attached hydrogen (secondary N) is 1. The molecule has 4 aromatic rings. The third kappa shape index (κ3) is 3.67. The van der Waals surface area contributed by atoms with Crippen LogP contribution in [0.3, 0.4) is 0 Å². The minimum absolute atomic E-state index is 0.289. The molecule has 7 nitrogen and oxygen atoms in total. The monoisotopic (exact) mass is 387 g/mol. The van der Waals surface area contributed by atoms with Gasteiger partial charge in [0.15, 0.2) is 5.82 Å². The molecule has 1 amide bonds. The van der Waals surface area contributed by atoms with Crippen molar-refractivity contribution in [2.75, 3.05) is 11.9 Å². The van der Waals surface area contributed by atoms with Crippen LogP contribution in [-0.2, 0) is 0 Å². The van der Waals surface area contributed by atoms with Crippen molar-refractivity contribution < 1.29 is 9.53 Å². The Morgan fingerprint density at radius 3 is 2.69 bits per heavy atom. The van der Waals surface area contributed by atoms with E-state index in [-0.39, 0.29) is 5.91 Å². The quantitative estimate of drug-likeness (QED) is 0.558. The molecule has 146 valence electrons. The lowest BCUT2D eigenvalue weighted by atomic mass is 10.0. The Morgan fingerprint density at radius 2 is 1.93 bits per heavy atom. The van der Waals surface area contributed by atoms with E-state index in [2.05, 4.69) is 20.4 Å². The Labute approximate surface area is 168 Å². The molecule has 0 aliphatic carbocycles. The number of aryl methyl sites for hydroxylation is 2. The molecule has 4 rings (SSSR count). The lowest BCUT2D eigenvalue weighted by Gasteiger charge is -2.13. The number of amides is 1. The number of ether oxygens (including phenoxy) is 1. The van der Waals surface area contributed by atoms with Gasteiger partial charge >= 0.3 is 0 Å². The minimum atomic E-state index is -0.289. The zero-order chi connectivity index (χ0) is 20.4. The molecule has 0 aliphatic heterocycles. The van der Waals surface area contributed by atoms with Crippen LogP contribution >= 0.6 is 0 Å². The van der Waals surface area contributed by atoms with Crippen LogP contribution in [0.2, 0.25) is 0 Å². The van der Waals surface area contributed by atoms with Crippen molar-refractivity contribution in [3.05, 3.63) is 71.8 Å². The van der Waals surface area contributed by atoms with E-state index in [4.69, 9.17) is 4.74 Å². The van der Waals surface area contributed by atoms with Crippen LogP contribution in [-0.4, -0.2) is 32.3 Å². The number of rotatable bonds is 5. The zero-order valence-corrected chi connectivity index (χ0v) is 16.5. The van der Waals surface area contributed by atoms with Gasteiger partial charge < -0.3 is 10.1 Å². The Balaban J connectivity index is 1.71. The van der Waals surface area contributed by atoms with E-state index in [1.165, 1.54) is 6.33 Å². The summed E-state index contributed by atoms with van der Waals surface area (Å²) in [6, 6.07) is 15.1. The van der Waals surface area contributed by atoms with Crippen LogP contribution in [0.25, 0.3) is 16.6 Å². The van der Waals surface area contributed by atoms with Gasteiger partial charge in [-0.3, -0.25) is 4.79 Å². The van der Waals surface area contributed by atoms with Gasteiger partial charge in [-0.15, -0.1) is 0 Å². The summed E-state index contributed by atoms with van der Waals surface area (Å²) in [6.45, 7) is 6.23. The van der Waals surface area contributed by atoms with Gasteiger partial charge in [0.25, 0.3) is 5.91 Å². The highest BCUT2D eigenvalue weighted by Gasteiger charge is 2.18. The van der Waals surface area contributed by atoms with Crippen molar-refractivity contribution in [2.24, 2.45) is 0 Å². The predicted octanol–water partition coefficient (Wildman–Crippen LogP) is 4.08. The first kappa shape index (κ1) is 18.6. The largest absolute Gasteiger partial charge is 0.493 e. The number of carbonyl (C=O) groups is 1. The first-order valence-electron chi connectivity index (χ1n) is 9.38. The van der Waals surface area contributed by atoms with E-state index in [1.54, 1.807) is 10.7 Å². The van der Waals surface area contributed by atoms with E-state index < -0.39 is 0 Å². The first-order chi connectivity index (χ1) is 14.1. The molecule has 0 radical (unpaired) electrons. The minimum Gasteiger partial charge on any atom is -0.493 e. The van der Waals surface area contributed by atoms with Gasteiger partial charge in [-0.1, -0.05) is 30.3 Å². The molecule has 1 N–H and O–H groups in total. The summed E-state index contributed by atoms with van der Waals surface area (Å²) in [6.07, 6.45) is 1.41. The molecule has 0 unspecified atom stereocenters. The Hall–Kier alpha value is -3.74. The van der Waals surface area contributed by atoms with Gasteiger partial charge in [-0.25, -0.2) is 14.6 Å². The maximum atomic E-state index is 13.2. The van der Waals surface area contributed by atoms with Gasteiger partial charge in [-0.2, -0.15) is 5.10 Å². The summed E-state index contributed by atoms with van der Waals surface area (Å²) >= 11 is 0. The molecule has 7 heteroatoms. The SMILES string of the molecule is CCOc1ccc2ccccc2c1C(=O)Nc1cc(-n2nc(C)cc2C)ncn1. The molecule has 0 atom stereocenters. The highest BCUT2D eigenvalue weighted by molar-refractivity contribution is 6.14. The molecule has 0 saturated carbocycles. The summed E-state index contributed by atoms with van der Waals surface area (Å²) in [5, 5.41) is 9.09. The highest BCUT2D eigenvalue weighted by Crippen LogP contribution is 2.29. The summed E-state index contributed by atoms with van der Waals surface area (Å²) in [5.41, 5.74) is 2.33. The third-order valence-corrected chi connectivity index (χ3v) is 4.54. The van der Waals surface area contributed by atoms with Crippen LogP contribution in [0.1, 0.15) is 28.7 Å². The molecule has 0 fully saturated rings. The third-order valence-electron chi connectivity index (χ3n) is 4.54. The number of hydrogen-bond donors (Lipinski definition) is 1. The lowest BCUT2D eigenvalue weighted by Crippen LogP contribution is -2.16. The van der Waals surface area contributed by atoms with Crippen LogP contribution in [0, 0.1) is 13.8 Å². The summed E-state index contributed by atoms with van der Waals surface area (Å²) in [7, 11) is 0. The number of hydrogen-bond acceptors (Lipinski definition) is 5. The molecular weight excluding hydrogens is 366 g/mol. The van der Waals surface area contributed by atoms with E-state index in [0.717, 1.165) is 22.2 Å². The van der Waals surface area contributed by atoms with Gasteiger partial charge in [0.05, 0.1) is 17.9 Å². The van der Waals surface area contributed by atoms with Crippen molar-refractivity contribution in [2.45, 2.75) is 20.8 Å². The second-order valence-corrected chi connectivity index (χ2v) is 6.65. The van der Waals surface area contributed by atoms with Crippen LogP contribution in [0.15, 0.2) is 54.9 Å².